The molecule has 0 radical (unpaired) electrons. The van der Waals surface area contributed by atoms with Gasteiger partial charge in [-0.25, -0.2) is 19.2 Å². The van der Waals surface area contributed by atoms with Crippen molar-refractivity contribution < 1.29 is 14.3 Å². The maximum Gasteiger partial charge on any atom is 0.339 e. The Hall–Kier alpha value is -3.58. The third-order valence-electron chi connectivity index (χ3n) is 4.11. The molecule has 28 heavy (non-hydrogen) atoms. The molecule has 0 aliphatic heterocycles. The van der Waals surface area contributed by atoms with Gasteiger partial charge in [-0.15, -0.1) is 0 Å². The smallest absolute Gasteiger partial charge is 0.339 e. The molecule has 8 heteroatoms. The number of carboxylic acid groups (broad SMARTS) is 1. The van der Waals surface area contributed by atoms with E-state index in [-0.39, 0.29) is 11.1 Å². The fraction of sp³-hybridized carbons (Fsp3) is 0. The number of halogens is 2. The second-order valence-corrected chi connectivity index (χ2v) is 6.34. The van der Waals surface area contributed by atoms with E-state index in [1.54, 1.807) is 30.5 Å². The number of benzene rings is 1. The summed E-state index contributed by atoms with van der Waals surface area (Å²) in [7, 11) is 0. The summed E-state index contributed by atoms with van der Waals surface area (Å²) < 4.78 is 14.4. The molecule has 0 saturated heterocycles. The van der Waals surface area contributed by atoms with Crippen molar-refractivity contribution >= 4 is 40.0 Å². The molecule has 0 spiro atoms. The van der Waals surface area contributed by atoms with Crippen molar-refractivity contribution in [3.8, 4) is 11.3 Å². The number of carboxylic acids is 1. The second kappa shape index (κ2) is 7.21. The normalized spacial score (nSPS) is 10.8. The fourth-order valence-corrected chi connectivity index (χ4v) is 2.98. The molecule has 2 N–H and O–H groups in total. The van der Waals surface area contributed by atoms with Gasteiger partial charge >= 0.3 is 5.97 Å². The molecule has 0 fully saturated rings. The van der Waals surface area contributed by atoms with Crippen LogP contribution < -0.4 is 5.32 Å². The first-order valence-corrected chi connectivity index (χ1v) is 8.56. The van der Waals surface area contributed by atoms with Gasteiger partial charge in [-0.2, -0.15) is 0 Å². The molecule has 0 unspecified atom stereocenters. The number of carbonyl (C=O) groups is 1. The highest BCUT2D eigenvalue weighted by Gasteiger charge is 2.15. The lowest BCUT2D eigenvalue weighted by Crippen LogP contribution is -2.04. The van der Waals surface area contributed by atoms with E-state index in [1.807, 2.05) is 0 Å². The Morgan fingerprint density at radius 3 is 2.79 bits per heavy atom. The average Bonchev–Trinajstić information content (AvgIpc) is 2.70. The summed E-state index contributed by atoms with van der Waals surface area (Å²) in [5.74, 6) is -1.60. The van der Waals surface area contributed by atoms with Gasteiger partial charge in [-0.1, -0.05) is 11.6 Å². The molecule has 1 aromatic carbocycles. The van der Waals surface area contributed by atoms with Crippen molar-refractivity contribution in [2.45, 2.75) is 0 Å². The fourth-order valence-electron chi connectivity index (χ4n) is 2.81. The van der Waals surface area contributed by atoms with Crippen LogP contribution in [0.25, 0.3) is 22.3 Å². The monoisotopic (exact) mass is 394 g/mol. The Morgan fingerprint density at radius 1 is 1.11 bits per heavy atom. The Kier molecular flexibility index (Phi) is 4.58. The number of nitrogens with one attached hydrogen (secondary N) is 1. The van der Waals surface area contributed by atoms with E-state index >= 15 is 0 Å². The molecule has 0 bridgehead atoms. The van der Waals surface area contributed by atoms with Crippen molar-refractivity contribution in [1.29, 1.82) is 0 Å². The van der Waals surface area contributed by atoms with Crippen LogP contribution in [0.4, 0.5) is 15.8 Å². The van der Waals surface area contributed by atoms with E-state index in [2.05, 4.69) is 20.3 Å². The molecule has 3 aromatic heterocycles. The molecule has 3 heterocycles. The first kappa shape index (κ1) is 17.8. The largest absolute Gasteiger partial charge is 0.478 e. The molecule has 0 amide bonds. The summed E-state index contributed by atoms with van der Waals surface area (Å²) in [5, 5.41) is 13.5. The molecule has 0 aliphatic rings. The van der Waals surface area contributed by atoms with Crippen molar-refractivity contribution in [3.63, 3.8) is 0 Å². The number of pyridine rings is 3. The summed E-state index contributed by atoms with van der Waals surface area (Å²) >= 11 is 6.01. The molecular weight excluding hydrogens is 383 g/mol. The Balaban J connectivity index is 1.91. The van der Waals surface area contributed by atoms with Crippen molar-refractivity contribution in [3.05, 3.63) is 77.5 Å². The SMILES string of the molecule is O=C(O)c1cnccc1Nc1cc(-c2cc(Cl)ccc2F)nc2ncccc12. The first-order chi connectivity index (χ1) is 13.5. The highest BCUT2D eigenvalue weighted by Crippen LogP contribution is 2.32. The van der Waals surface area contributed by atoms with Crippen LogP contribution in [0.5, 0.6) is 0 Å². The lowest BCUT2D eigenvalue weighted by atomic mass is 10.1. The van der Waals surface area contributed by atoms with Crippen LogP contribution in [0.1, 0.15) is 10.4 Å². The number of aromatic nitrogens is 3. The summed E-state index contributed by atoms with van der Waals surface area (Å²) in [6.07, 6.45) is 4.31. The summed E-state index contributed by atoms with van der Waals surface area (Å²) in [5.41, 5.74) is 1.80. The Labute approximate surface area is 163 Å². The summed E-state index contributed by atoms with van der Waals surface area (Å²) in [6, 6.07) is 10.9. The van der Waals surface area contributed by atoms with Gasteiger partial charge in [0.05, 0.1) is 17.1 Å². The van der Waals surface area contributed by atoms with Gasteiger partial charge in [0.2, 0.25) is 0 Å². The van der Waals surface area contributed by atoms with Crippen LogP contribution in [0, 0.1) is 5.82 Å². The molecular formula is C20H12ClFN4O2. The molecule has 4 aromatic rings. The third-order valence-corrected chi connectivity index (χ3v) is 4.34. The van der Waals surface area contributed by atoms with E-state index in [0.717, 1.165) is 0 Å². The molecule has 4 rings (SSSR count). The third kappa shape index (κ3) is 3.35. The van der Waals surface area contributed by atoms with Gasteiger partial charge in [0.15, 0.2) is 5.65 Å². The average molecular weight is 395 g/mol. The Bertz CT molecular complexity index is 1220. The van der Waals surface area contributed by atoms with Crippen LogP contribution in [0.3, 0.4) is 0 Å². The van der Waals surface area contributed by atoms with E-state index < -0.39 is 11.8 Å². The minimum Gasteiger partial charge on any atom is -0.478 e. The quantitative estimate of drug-likeness (QED) is 0.510. The van der Waals surface area contributed by atoms with Gasteiger partial charge in [-0.05, 0) is 42.5 Å². The highest BCUT2D eigenvalue weighted by atomic mass is 35.5. The molecule has 0 saturated carbocycles. The number of hydrogen-bond acceptors (Lipinski definition) is 5. The predicted octanol–water partition coefficient (Wildman–Crippen LogP) is 4.93. The maximum absolute atomic E-state index is 14.4. The minimum atomic E-state index is -1.12. The molecule has 0 atom stereocenters. The van der Waals surface area contributed by atoms with Gasteiger partial charge < -0.3 is 10.4 Å². The number of anilines is 2. The van der Waals surface area contributed by atoms with Crippen LogP contribution in [-0.4, -0.2) is 26.0 Å². The van der Waals surface area contributed by atoms with Crippen molar-refractivity contribution in [2.24, 2.45) is 0 Å². The van der Waals surface area contributed by atoms with E-state index in [9.17, 15) is 14.3 Å². The number of nitrogens with zero attached hydrogens (tertiary/aromatic N) is 3. The van der Waals surface area contributed by atoms with E-state index in [4.69, 9.17) is 11.6 Å². The van der Waals surface area contributed by atoms with Crippen LogP contribution in [0.2, 0.25) is 5.02 Å². The van der Waals surface area contributed by atoms with Gasteiger partial charge in [0.1, 0.15) is 11.4 Å². The molecule has 6 nitrogen and oxygen atoms in total. The lowest BCUT2D eigenvalue weighted by Gasteiger charge is -2.13. The standard InChI is InChI=1S/C20H12ClFN4O2/c21-11-3-4-15(22)13(8-11)18-9-17(12-2-1-6-24-19(12)26-18)25-16-5-7-23-10-14(16)20(27)28/h1-10H,(H,27,28)(H,23,24,25,26). The number of rotatable bonds is 4. The first-order valence-electron chi connectivity index (χ1n) is 8.18. The predicted molar refractivity (Wildman–Crippen MR) is 104 cm³/mol. The van der Waals surface area contributed by atoms with Gasteiger partial charge in [-0.3, -0.25) is 4.98 Å². The topological polar surface area (TPSA) is 88.0 Å². The summed E-state index contributed by atoms with van der Waals surface area (Å²) in [6.45, 7) is 0. The molecule has 138 valence electrons. The summed E-state index contributed by atoms with van der Waals surface area (Å²) in [4.78, 5) is 24.0. The van der Waals surface area contributed by atoms with E-state index in [0.29, 0.717) is 33.1 Å². The van der Waals surface area contributed by atoms with Gasteiger partial charge in [0, 0.05) is 34.6 Å². The number of aromatic carboxylic acids is 1. The zero-order valence-electron chi connectivity index (χ0n) is 14.2. The van der Waals surface area contributed by atoms with Crippen molar-refractivity contribution in [1.82, 2.24) is 15.0 Å². The van der Waals surface area contributed by atoms with Gasteiger partial charge in [0.25, 0.3) is 0 Å². The zero-order chi connectivity index (χ0) is 19.7. The van der Waals surface area contributed by atoms with Crippen LogP contribution in [-0.2, 0) is 0 Å². The minimum absolute atomic E-state index is 0.00633. The van der Waals surface area contributed by atoms with Crippen LogP contribution >= 0.6 is 11.6 Å². The highest BCUT2D eigenvalue weighted by molar-refractivity contribution is 6.30. The number of fused-ring (bicyclic) bond motifs is 1. The number of hydrogen-bond donors (Lipinski definition) is 2. The zero-order valence-corrected chi connectivity index (χ0v) is 15.0. The van der Waals surface area contributed by atoms with Crippen molar-refractivity contribution in [2.75, 3.05) is 5.32 Å². The second-order valence-electron chi connectivity index (χ2n) is 5.91. The lowest BCUT2D eigenvalue weighted by molar-refractivity contribution is 0.0697. The van der Waals surface area contributed by atoms with E-state index in [1.165, 1.54) is 30.6 Å². The Morgan fingerprint density at radius 2 is 1.96 bits per heavy atom. The maximum atomic E-state index is 14.4. The molecule has 0 aliphatic carbocycles. The van der Waals surface area contributed by atoms with Crippen LogP contribution in [0.15, 0.2) is 61.1 Å².